The second kappa shape index (κ2) is 3.91. The molecule has 3 heteroatoms. The topological polar surface area (TPSA) is 43.8 Å². The molecular weight excluding hydrogens is 210 g/mol. The van der Waals surface area contributed by atoms with Gasteiger partial charge in [-0.25, -0.2) is 4.68 Å². The molecular formula is C14H19N3. The molecule has 0 spiro atoms. The quantitative estimate of drug-likeness (QED) is 0.827. The maximum atomic E-state index is 8.10. The Kier molecular flexibility index (Phi) is 1.32. The maximum absolute atomic E-state index is 8.10. The van der Waals surface area contributed by atoms with E-state index in [4.69, 9.17) is 15.3 Å². The van der Waals surface area contributed by atoms with E-state index in [0.717, 1.165) is 4.68 Å². The number of hydrogen-bond acceptors (Lipinski definition) is 2. The molecule has 0 aliphatic rings. The first-order chi connectivity index (χ1) is 10.8. The molecule has 0 atom stereocenters. The zero-order valence-corrected chi connectivity index (χ0v) is 10.0. The van der Waals surface area contributed by atoms with Gasteiger partial charge in [0.05, 0.1) is 16.9 Å². The highest BCUT2D eigenvalue weighted by molar-refractivity contribution is 5.44. The molecule has 0 amide bonds. The molecule has 0 aliphatic carbocycles. The predicted molar refractivity (Wildman–Crippen MR) is 71.4 cm³/mol. The predicted octanol–water partition coefficient (Wildman–Crippen LogP) is 3.06. The van der Waals surface area contributed by atoms with E-state index < -0.39 is 36.6 Å². The van der Waals surface area contributed by atoms with Gasteiger partial charge in [-0.15, -0.1) is 0 Å². The molecule has 90 valence electrons. The average Bonchev–Trinajstić information content (AvgIpc) is 2.78. The average molecular weight is 236 g/mol. The third-order valence-corrected chi connectivity index (χ3v) is 2.33. The zero-order chi connectivity index (χ0) is 18.6. The fraction of sp³-hybridized carbons (Fsp3) is 0.357. The fourth-order valence-corrected chi connectivity index (χ4v) is 1.35. The van der Waals surface area contributed by atoms with Crippen molar-refractivity contribution in [2.45, 2.75) is 33.0 Å². The lowest BCUT2D eigenvalue weighted by atomic mass is 9.92. The highest BCUT2D eigenvalue weighted by atomic mass is 15.3. The van der Waals surface area contributed by atoms with Crippen LogP contribution in [0.25, 0.3) is 5.69 Å². The van der Waals surface area contributed by atoms with Crippen molar-refractivity contribution in [2.75, 3.05) is 5.73 Å². The van der Waals surface area contributed by atoms with Crippen LogP contribution in [0.3, 0.4) is 0 Å². The van der Waals surface area contributed by atoms with Crippen molar-refractivity contribution in [1.82, 2.24) is 9.78 Å². The van der Waals surface area contributed by atoms with Crippen molar-refractivity contribution in [3.8, 4) is 5.69 Å². The minimum Gasteiger partial charge on any atom is -0.384 e. The number of aromatic nitrogens is 2. The summed E-state index contributed by atoms with van der Waals surface area (Å²) >= 11 is 0. The highest BCUT2D eigenvalue weighted by Gasteiger charge is 2.19. The van der Waals surface area contributed by atoms with Crippen LogP contribution in [-0.4, -0.2) is 9.78 Å². The number of anilines is 1. The summed E-state index contributed by atoms with van der Waals surface area (Å²) in [6.45, 7) is 3.02. The SMILES string of the molecule is [2H]c1c([2H])c(C([2H])([2H])[2H])c([2H])c([2H])c1-n1nc(C(C)(C)C)cc1N. The van der Waals surface area contributed by atoms with Gasteiger partial charge in [0, 0.05) is 15.6 Å². The van der Waals surface area contributed by atoms with Gasteiger partial charge in [0.1, 0.15) is 5.82 Å². The van der Waals surface area contributed by atoms with E-state index in [9.17, 15) is 0 Å². The van der Waals surface area contributed by atoms with E-state index in [1.165, 1.54) is 0 Å². The van der Waals surface area contributed by atoms with Gasteiger partial charge in [0.2, 0.25) is 0 Å². The van der Waals surface area contributed by atoms with Crippen LogP contribution in [0.2, 0.25) is 0 Å². The van der Waals surface area contributed by atoms with Crippen LogP contribution in [0.1, 0.15) is 41.6 Å². The second-order valence-corrected chi connectivity index (χ2v) is 4.84. The molecule has 0 radical (unpaired) electrons. The molecule has 1 aromatic heterocycles. The van der Waals surface area contributed by atoms with Crippen LogP contribution in [-0.2, 0) is 5.41 Å². The van der Waals surface area contributed by atoms with Gasteiger partial charge in [-0.05, 0) is 18.9 Å². The number of rotatable bonds is 1. The maximum Gasteiger partial charge on any atom is 0.127 e. The fourth-order valence-electron chi connectivity index (χ4n) is 1.35. The normalized spacial score (nSPS) is 18.4. The number of nitrogens with zero attached hydrogens (tertiary/aromatic N) is 2. The summed E-state index contributed by atoms with van der Waals surface area (Å²) < 4.78 is 55.5. The van der Waals surface area contributed by atoms with Gasteiger partial charge in [-0.3, -0.25) is 0 Å². The van der Waals surface area contributed by atoms with E-state index in [2.05, 4.69) is 5.10 Å². The van der Waals surface area contributed by atoms with Crippen LogP contribution in [0, 0.1) is 6.85 Å². The molecule has 3 nitrogen and oxygen atoms in total. The van der Waals surface area contributed by atoms with Gasteiger partial charge in [0.25, 0.3) is 0 Å². The van der Waals surface area contributed by atoms with Crippen LogP contribution < -0.4 is 5.73 Å². The van der Waals surface area contributed by atoms with Crippen molar-refractivity contribution in [3.63, 3.8) is 0 Å². The summed E-state index contributed by atoms with van der Waals surface area (Å²) in [5.74, 6) is 0.155. The van der Waals surface area contributed by atoms with Crippen molar-refractivity contribution in [3.05, 3.63) is 41.5 Å². The molecule has 0 bridgehead atoms. The Balaban J connectivity index is 2.81. The Bertz CT molecular complexity index is 771. The molecule has 1 aromatic carbocycles. The summed E-state index contributed by atoms with van der Waals surface area (Å²) in [5, 5.41) is 4.29. The van der Waals surface area contributed by atoms with Crippen molar-refractivity contribution in [1.29, 1.82) is 0 Å². The largest absolute Gasteiger partial charge is 0.384 e. The van der Waals surface area contributed by atoms with Crippen LogP contribution in [0.5, 0.6) is 0 Å². The molecule has 2 N–H and O–H groups in total. The summed E-state index contributed by atoms with van der Waals surface area (Å²) in [7, 11) is 0. The van der Waals surface area contributed by atoms with Crippen molar-refractivity contribution < 1.29 is 9.60 Å². The number of hydrogen-bond donors (Lipinski definition) is 1. The zero-order valence-electron chi connectivity index (χ0n) is 17.0. The van der Waals surface area contributed by atoms with E-state index in [1.54, 1.807) is 6.07 Å². The molecule has 0 aliphatic heterocycles. The third-order valence-electron chi connectivity index (χ3n) is 2.33. The number of nitrogen functional groups attached to an aromatic ring is 1. The van der Waals surface area contributed by atoms with E-state index in [0.29, 0.717) is 5.69 Å². The first kappa shape index (κ1) is 5.71. The second-order valence-electron chi connectivity index (χ2n) is 4.84. The smallest absolute Gasteiger partial charge is 0.127 e. The number of benzene rings is 1. The van der Waals surface area contributed by atoms with Crippen LogP contribution in [0.15, 0.2) is 30.2 Å². The summed E-state index contributed by atoms with van der Waals surface area (Å²) in [4.78, 5) is 0. The van der Waals surface area contributed by atoms with E-state index in [1.807, 2.05) is 20.8 Å². The van der Waals surface area contributed by atoms with Gasteiger partial charge >= 0.3 is 0 Å². The number of nitrogens with two attached hydrogens (primary N) is 1. The Labute approximate surface area is 112 Å². The van der Waals surface area contributed by atoms with E-state index >= 15 is 0 Å². The van der Waals surface area contributed by atoms with Gasteiger partial charge in [-0.2, -0.15) is 5.10 Å². The summed E-state index contributed by atoms with van der Waals surface area (Å²) in [6, 6.07) is -0.602. The lowest BCUT2D eigenvalue weighted by molar-refractivity contribution is 0.560. The Hall–Kier alpha value is -1.77. The standard InChI is InChI=1S/C14H19N3/c1-10-5-7-11(8-6-10)17-13(15)9-12(16-17)14(2,3)4/h5-9H,15H2,1-4H3/i1D3,5D,6D,7D,8D. The molecule has 1 heterocycles. The lowest BCUT2D eigenvalue weighted by Gasteiger charge is -2.14. The van der Waals surface area contributed by atoms with Crippen molar-refractivity contribution >= 4 is 5.82 Å². The lowest BCUT2D eigenvalue weighted by Crippen LogP contribution is -2.12. The molecule has 2 aromatic rings. The van der Waals surface area contributed by atoms with Gasteiger partial charge in [-0.1, -0.05) is 38.4 Å². The minimum atomic E-state index is -2.75. The Morgan fingerprint density at radius 3 is 2.41 bits per heavy atom. The Morgan fingerprint density at radius 1 is 1.29 bits per heavy atom. The monoisotopic (exact) mass is 236 g/mol. The van der Waals surface area contributed by atoms with Gasteiger partial charge < -0.3 is 5.73 Å². The molecule has 0 saturated carbocycles. The van der Waals surface area contributed by atoms with Crippen LogP contribution in [0.4, 0.5) is 5.82 Å². The van der Waals surface area contributed by atoms with Gasteiger partial charge in [0.15, 0.2) is 0 Å². The first-order valence-electron chi connectivity index (χ1n) is 8.74. The Morgan fingerprint density at radius 2 is 1.94 bits per heavy atom. The molecule has 17 heavy (non-hydrogen) atoms. The van der Waals surface area contributed by atoms with Crippen LogP contribution >= 0.6 is 0 Å². The molecule has 0 fully saturated rings. The third kappa shape index (κ3) is 2.33. The minimum absolute atomic E-state index is 0.155. The highest BCUT2D eigenvalue weighted by Crippen LogP contribution is 2.24. The van der Waals surface area contributed by atoms with Crippen molar-refractivity contribution in [2.24, 2.45) is 0 Å². The molecule has 0 unspecified atom stereocenters. The van der Waals surface area contributed by atoms with E-state index in [-0.39, 0.29) is 16.9 Å². The molecule has 2 rings (SSSR count). The first-order valence-corrected chi connectivity index (χ1v) is 5.24. The summed E-state index contributed by atoms with van der Waals surface area (Å²) in [5.41, 5.74) is 5.46. The molecule has 0 saturated heterocycles. The summed E-state index contributed by atoms with van der Waals surface area (Å²) in [6.07, 6.45) is 0.